The van der Waals surface area contributed by atoms with Crippen molar-refractivity contribution in [2.75, 3.05) is 98.2 Å². The molecule has 1 heterocycles. The second-order valence-corrected chi connectivity index (χ2v) is 10.4. The minimum Gasteiger partial charge on any atom is -0.480 e. The fraction of sp³-hybridized carbons (Fsp3) is 0.800. The highest BCUT2D eigenvalue weighted by Crippen LogP contribution is 2.02. The molecule has 0 radical (unpaired) electrons. The van der Waals surface area contributed by atoms with Crippen LogP contribution in [0.4, 0.5) is 4.79 Å². The summed E-state index contributed by atoms with van der Waals surface area (Å²) in [6.45, 7) is 6.65. The summed E-state index contributed by atoms with van der Waals surface area (Å²) in [5, 5.41) is 33.2. The predicted molar refractivity (Wildman–Crippen MR) is 148 cm³/mol. The van der Waals surface area contributed by atoms with Crippen LogP contribution in [-0.4, -0.2) is 163 Å². The van der Waals surface area contributed by atoms with Gasteiger partial charge in [0.2, 0.25) is 0 Å². The number of carboxylic acids is 3. The summed E-state index contributed by atoms with van der Waals surface area (Å²) in [6, 6.07) is -0.314. The summed E-state index contributed by atoms with van der Waals surface area (Å²) < 4.78 is 0. The number of hydrogen-bond donors (Lipinski definition) is 6. The van der Waals surface area contributed by atoms with Crippen molar-refractivity contribution >= 4 is 29.8 Å². The third kappa shape index (κ3) is 19.6. The van der Waals surface area contributed by atoms with Crippen LogP contribution in [0.2, 0.25) is 0 Å². The maximum Gasteiger partial charge on any atom is 0.317 e. The van der Waals surface area contributed by atoms with Crippen LogP contribution in [0, 0.1) is 5.92 Å². The molecule has 1 aliphatic rings. The predicted octanol–water partition coefficient (Wildman–Crippen LogP) is -1.75. The Balaban J connectivity index is 2.62. The summed E-state index contributed by atoms with van der Waals surface area (Å²) in [6.07, 6.45) is 1.91. The van der Waals surface area contributed by atoms with Crippen LogP contribution in [0.5, 0.6) is 0 Å². The summed E-state index contributed by atoms with van der Waals surface area (Å²) >= 11 is 0. The van der Waals surface area contributed by atoms with Gasteiger partial charge in [-0.2, -0.15) is 0 Å². The van der Waals surface area contributed by atoms with Crippen molar-refractivity contribution in [1.29, 1.82) is 0 Å². The van der Waals surface area contributed by atoms with Gasteiger partial charge in [-0.3, -0.25) is 43.6 Å². The van der Waals surface area contributed by atoms with Gasteiger partial charge in [0.25, 0.3) is 5.91 Å². The van der Waals surface area contributed by atoms with E-state index >= 15 is 0 Å². The van der Waals surface area contributed by atoms with E-state index in [0.717, 1.165) is 12.8 Å². The monoisotopic (exact) mass is 589 g/mol. The van der Waals surface area contributed by atoms with Crippen LogP contribution in [0.25, 0.3) is 0 Å². The lowest BCUT2D eigenvalue weighted by atomic mass is 10.1. The largest absolute Gasteiger partial charge is 0.480 e. The van der Waals surface area contributed by atoms with Crippen LogP contribution < -0.4 is 16.1 Å². The van der Waals surface area contributed by atoms with Crippen LogP contribution >= 0.6 is 0 Å². The molecule has 0 aliphatic carbocycles. The number of hydrogen-bond acceptors (Lipinski definition) is 10. The Hall–Kier alpha value is -3.05. The van der Waals surface area contributed by atoms with E-state index in [1.54, 1.807) is 19.6 Å². The number of amides is 3. The topological polar surface area (TPSA) is 204 Å². The van der Waals surface area contributed by atoms with Crippen LogP contribution in [-0.2, 0) is 24.0 Å². The van der Waals surface area contributed by atoms with Gasteiger partial charge in [-0.15, -0.1) is 0 Å². The van der Waals surface area contributed by atoms with Gasteiger partial charge in [0, 0.05) is 65.4 Å². The summed E-state index contributed by atoms with van der Waals surface area (Å²) in [7, 11) is 0. The van der Waals surface area contributed by atoms with E-state index < -0.39 is 23.8 Å². The van der Waals surface area contributed by atoms with Crippen molar-refractivity contribution < 1.29 is 44.1 Å². The number of rotatable bonds is 16. The van der Waals surface area contributed by atoms with Crippen molar-refractivity contribution in [3.8, 4) is 0 Å². The maximum atomic E-state index is 12.5. The highest BCUT2D eigenvalue weighted by Gasteiger charge is 2.21. The van der Waals surface area contributed by atoms with Gasteiger partial charge in [0.15, 0.2) is 0 Å². The van der Waals surface area contributed by atoms with E-state index in [1.165, 1.54) is 0 Å². The second kappa shape index (κ2) is 20.8. The maximum absolute atomic E-state index is 12.5. The van der Waals surface area contributed by atoms with Crippen LogP contribution in [0.3, 0.4) is 0 Å². The van der Waals surface area contributed by atoms with E-state index in [-0.39, 0.29) is 45.4 Å². The summed E-state index contributed by atoms with van der Waals surface area (Å²) in [4.78, 5) is 70.3. The molecule has 1 fully saturated rings. The van der Waals surface area contributed by atoms with Crippen molar-refractivity contribution in [3.05, 3.63) is 0 Å². The lowest BCUT2D eigenvalue weighted by Gasteiger charge is -2.32. The molecule has 41 heavy (non-hydrogen) atoms. The van der Waals surface area contributed by atoms with Crippen molar-refractivity contribution in [3.63, 3.8) is 0 Å². The van der Waals surface area contributed by atoms with E-state index in [0.29, 0.717) is 64.8 Å². The average Bonchev–Trinajstić information content (AvgIpc) is 2.87. The van der Waals surface area contributed by atoms with E-state index in [1.807, 2.05) is 0 Å². The molecule has 16 nitrogen and oxygen atoms in total. The molecule has 0 aromatic rings. The number of nitrogens with one attached hydrogen (secondary N) is 3. The Bertz CT molecular complexity index is 799. The molecule has 0 unspecified atom stereocenters. The zero-order valence-corrected chi connectivity index (χ0v) is 24.2. The number of nitrogens with zero attached hydrogens (tertiary/aromatic N) is 4. The molecule has 1 aliphatic heterocycles. The smallest absolute Gasteiger partial charge is 0.317 e. The highest BCUT2D eigenvalue weighted by molar-refractivity contribution is 5.77. The number of carbonyl (C=O) groups excluding carboxylic acids is 2. The number of carboxylic acid groups (broad SMARTS) is 3. The SMILES string of the molecule is CC(C)CCCNC(=O)NCCONC(=O)CN1CCN(CC(=O)O)CCN(CC(=O)O)CCN(CC(=O)O)CC1. The highest BCUT2D eigenvalue weighted by atomic mass is 16.7. The molecule has 1 saturated heterocycles. The standard InChI is InChI=1S/C25H47N7O9/c1-20(2)4-3-5-26-25(40)27-6-15-41-28-21(33)16-29-7-9-30(17-22(34)35)11-13-32(19-24(38)39)14-12-31(10-8-29)18-23(36)37/h20H,3-19H2,1-2H3,(H,28,33)(H,34,35)(H,36,37)(H,38,39)(H2,26,27,40). The number of urea groups is 1. The fourth-order valence-electron chi connectivity index (χ4n) is 4.14. The molecule has 0 saturated carbocycles. The summed E-state index contributed by atoms with van der Waals surface area (Å²) in [5.74, 6) is -2.95. The van der Waals surface area contributed by atoms with Crippen LogP contribution in [0.15, 0.2) is 0 Å². The van der Waals surface area contributed by atoms with Crippen molar-refractivity contribution in [1.82, 2.24) is 35.7 Å². The van der Waals surface area contributed by atoms with Gasteiger partial charge in [0.1, 0.15) is 0 Å². The molecule has 0 spiro atoms. The van der Waals surface area contributed by atoms with Gasteiger partial charge in [0.05, 0.1) is 32.8 Å². The third-order valence-corrected chi connectivity index (χ3v) is 6.29. The quantitative estimate of drug-likeness (QED) is 0.0874. The molecular formula is C25H47N7O9. The number of hydroxylamine groups is 1. The fourth-order valence-corrected chi connectivity index (χ4v) is 4.14. The molecule has 236 valence electrons. The van der Waals surface area contributed by atoms with E-state index in [2.05, 4.69) is 30.0 Å². The number of aliphatic carboxylic acids is 3. The zero-order chi connectivity index (χ0) is 30.6. The van der Waals surface area contributed by atoms with Gasteiger partial charge >= 0.3 is 23.9 Å². The Kier molecular flexibility index (Phi) is 18.2. The second-order valence-electron chi connectivity index (χ2n) is 10.4. The Labute approximate surface area is 240 Å². The normalized spacial score (nSPS) is 16.9. The van der Waals surface area contributed by atoms with Gasteiger partial charge in [-0.1, -0.05) is 13.8 Å². The van der Waals surface area contributed by atoms with Gasteiger partial charge in [-0.25, -0.2) is 10.3 Å². The minimum absolute atomic E-state index is 0.0524. The average molecular weight is 590 g/mol. The first-order chi connectivity index (χ1) is 19.4. The lowest BCUT2D eigenvalue weighted by molar-refractivity contribution is -0.141. The molecule has 16 heteroatoms. The molecular weight excluding hydrogens is 542 g/mol. The molecule has 0 aromatic carbocycles. The Morgan fingerprint density at radius 3 is 1.44 bits per heavy atom. The van der Waals surface area contributed by atoms with Gasteiger partial charge < -0.3 is 26.0 Å². The molecule has 1 rings (SSSR count). The van der Waals surface area contributed by atoms with E-state index in [4.69, 9.17) is 4.84 Å². The molecule has 3 amide bonds. The number of carbonyl (C=O) groups is 5. The molecule has 6 N–H and O–H groups in total. The minimum atomic E-state index is -1.03. The first kappa shape index (κ1) is 36.0. The first-order valence-corrected chi connectivity index (χ1v) is 13.9. The Morgan fingerprint density at radius 1 is 0.659 bits per heavy atom. The van der Waals surface area contributed by atoms with Crippen LogP contribution in [0.1, 0.15) is 26.7 Å². The van der Waals surface area contributed by atoms with Crippen molar-refractivity contribution in [2.24, 2.45) is 5.92 Å². The summed E-state index contributed by atoms with van der Waals surface area (Å²) in [5.41, 5.74) is 2.34. The zero-order valence-electron chi connectivity index (χ0n) is 24.2. The molecule has 0 aromatic heterocycles. The first-order valence-electron chi connectivity index (χ1n) is 13.9. The third-order valence-electron chi connectivity index (χ3n) is 6.29. The van der Waals surface area contributed by atoms with Gasteiger partial charge in [-0.05, 0) is 18.8 Å². The Morgan fingerprint density at radius 2 is 1.05 bits per heavy atom. The van der Waals surface area contributed by atoms with E-state index in [9.17, 15) is 39.3 Å². The molecule has 0 bridgehead atoms. The molecule has 0 atom stereocenters. The lowest BCUT2D eigenvalue weighted by Crippen LogP contribution is -2.49. The van der Waals surface area contributed by atoms with Crippen molar-refractivity contribution in [2.45, 2.75) is 26.7 Å².